The van der Waals surface area contributed by atoms with Crippen LogP contribution >= 0.6 is 0 Å². The Balaban J connectivity index is 1.94. The van der Waals surface area contributed by atoms with Crippen molar-refractivity contribution < 1.29 is 9.59 Å². The van der Waals surface area contributed by atoms with Crippen molar-refractivity contribution in [1.82, 2.24) is 10.2 Å². The number of likely N-dealkylation sites (tertiary alicyclic amines) is 1. The maximum Gasteiger partial charge on any atom is 0.251 e. The van der Waals surface area contributed by atoms with Gasteiger partial charge in [0, 0.05) is 18.7 Å². The molecule has 0 radical (unpaired) electrons. The number of nitrogens with zero attached hydrogens (tertiary/aromatic N) is 2. The van der Waals surface area contributed by atoms with Gasteiger partial charge in [-0.3, -0.25) is 9.59 Å². The molecule has 0 unspecified atom stereocenters. The van der Waals surface area contributed by atoms with Crippen LogP contribution in [0, 0.1) is 11.3 Å². The number of benzene rings is 1. The van der Waals surface area contributed by atoms with Gasteiger partial charge in [-0.05, 0) is 50.5 Å². The van der Waals surface area contributed by atoms with Crippen LogP contribution in [0.3, 0.4) is 0 Å². The van der Waals surface area contributed by atoms with Crippen LogP contribution in [0.25, 0.3) is 0 Å². The van der Waals surface area contributed by atoms with E-state index in [2.05, 4.69) is 5.32 Å². The van der Waals surface area contributed by atoms with E-state index >= 15 is 0 Å². The summed E-state index contributed by atoms with van der Waals surface area (Å²) in [6.45, 7) is 3.25. The minimum atomic E-state index is -0.536. The van der Waals surface area contributed by atoms with Crippen LogP contribution in [-0.2, 0) is 4.79 Å². The molecule has 1 aromatic rings. The van der Waals surface area contributed by atoms with Crippen molar-refractivity contribution in [2.75, 3.05) is 13.1 Å². The minimum absolute atomic E-state index is 0.0308. The summed E-state index contributed by atoms with van der Waals surface area (Å²) in [7, 11) is 0. The molecule has 2 amide bonds. The average molecular weight is 285 g/mol. The fourth-order valence-electron chi connectivity index (χ4n) is 2.43. The summed E-state index contributed by atoms with van der Waals surface area (Å²) in [5, 5.41) is 11.4. The van der Waals surface area contributed by atoms with Crippen LogP contribution in [0.1, 0.15) is 42.1 Å². The molecule has 1 aromatic carbocycles. The predicted molar refractivity (Wildman–Crippen MR) is 78.5 cm³/mol. The molecule has 0 spiro atoms. The van der Waals surface area contributed by atoms with Crippen molar-refractivity contribution in [2.24, 2.45) is 0 Å². The van der Waals surface area contributed by atoms with Crippen molar-refractivity contribution in [3.05, 3.63) is 35.4 Å². The maximum atomic E-state index is 12.2. The van der Waals surface area contributed by atoms with E-state index in [1.807, 2.05) is 11.0 Å². The number of hydrogen-bond donors (Lipinski definition) is 1. The Morgan fingerprint density at radius 1 is 1.19 bits per heavy atom. The molecule has 1 saturated heterocycles. The quantitative estimate of drug-likeness (QED) is 0.918. The number of hydrogen-bond acceptors (Lipinski definition) is 3. The van der Waals surface area contributed by atoms with E-state index in [0.717, 1.165) is 32.4 Å². The highest BCUT2D eigenvalue weighted by Gasteiger charge is 2.23. The highest BCUT2D eigenvalue weighted by molar-refractivity contribution is 5.97. The van der Waals surface area contributed by atoms with Gasteiger partial charge in [-0.15, -0.1) is 0 Å². The van der Waals surface area contributed by atoms with E-state index < -0.39 is 6.04 Å². The Labute approximate surface area is 124 Å². The van der Waals surface area contributed by atoms with Gasteiger partial charge in [0.2, 0.25) is 5.91 Å². The van der Waals surface area contributed by atoms with Crippen LogP contribution in [-0.4, -0.2) is 35.8 Å². The van der Waals surface area contributed by atoms with Crippen molar-refractivity contribution >= 4 is 11.8 Å². The van der Waals surface area contributed by atoms with Gasteiger partial charge >= 0.3 is 0 Å². The zero-order valence-electron chi connectivity index (χ0n) is 12.1. The predicted octanol–water partition coefficient (Wildman–Crippen LogP) is 1.69. The summed E-state index contributed by atoms with van der Waals surface area (Å²) in [6, 6.07) is 7.82. The Morgan fingerprint density at radius 3 is 2.38 bits per heavy atom. The van der Waals surface area contributed by atoms with Crippen LogP contribution in [0.15, 0.2) is 24.3 Å². The van der Waals surface area contributed by atoms with E-state index in [9.17, 15) is 9.59 Å². The minimum Gasteiger partial charge on any atom is -0.341 e. The fraction of sp³-hybridized carbons (Fsp3) is 0.438. The van der Waals surface area contributed by atoms with Gasteiger partial charge in [0.05, 0.1) is 11.6 Å². The molecule has 1 aliphatic rings. The summed E-state index contributed by atoms with van der Waals surface area (Å²) in [6.07, 6.45) is 3.22. The smallest absolute Gasteiger partial charge is 0.251 e. The first-order chi connectivity index (χ1) is 10.1. The largest absolute Gasteiger partial charge is 0.341 e. The van der Waals surface area contributed by atoms with Gasteiger partial charge < -0.3 is 10.2 Å². The van der Waals surface area contributed by atoms with E-state index in [1.54, 1.807) is 31.2 Å². The van der Waals surface area contributed by atoms with E-state index in [0.29, 0.717) is 11.1 Å². The molecule has 1 aliphatic heterocycles. The lowest BCUT2D eigenvalue weighted by molar-refractivity contribution is -0.133. The van der Waals surface area contributed by atoms with Crippen molar-refractivity contribution in [2.45, 2.75) is 32.2 Å². The van der Waals surface area contributed by atoms with E-state index in [1.165, 1.54) is 0 Å². The fourth-order valence-corrected chi connectivity index (χ4v) is 2.43. The van der Waals surface area contributed by atoms with Gasteiger partial charge in [-0.2, -0.15) is 5.26 Å². The number of carbonyl (C=O) groups is 2. The molecule has 1 atom stereocenters. The van der Waals surface area contributed by atoms with Gasteiger partial charge in [0.1, 0.15) is 6.04 Å². The lowest BCUT2D eigenvalue weighted by Crippen LogP contribution is -2.48. The van der Waals surface area contributed by atoms with Gasteiger partial charge in [0.25, 0.3) is 5.91 Å². The molecule has 5 nitrogen and oxygen atoms in total. The molecule has 2 rings (SSSR count). The summed E-state index contributed by atoms with van der Waals surface area (Å²) in [5.74, 6) is -0.325. The number of rotatable bonds is 3. The summed E-state index contributed by atoms with van der Waals surface area (Å²) in [5.41, 5.74) is 0.955. The summed E-state index contributed by atoms with van der Waals surface area (Å²) in [4.78, 5) is 26.1. The van der Waals surface area contributed by atoms with Gasteiger partial charge in [0.15, 0.2) is 0 Å². The molecule has 0 aliphatic carbocycles. The monoisotopic (exact) mass is 285 g/mol. The van der Waals surface area contributed by atoms with Gasteiger partial charge in [-0.1, -0.05) is 0 Å². The Morgan fingerprint density at radius 2 is 1.81 bits per heavy atom. The number of piperidine rings is 1. The highest BCUT2D eigenvalue weighted by Crippen LogP contribution is 2.10. The molecular weight excluding hydrogens is 266 g/mol. The Kier molecular flexibility index (Phi) is 4.94. The van der Waals surface area contributed by atoms with Crippen LogP contribution in [0.5, 0.6) is 0 Å². The molecule has 0 bridgehead atoms. The van der Waals surface area contributed by atoms with Crippen LogP contribution in [0.2, 0.25) is 0 Å². The van der Waals surface area contributed by atoms with Crippen molar-refractivity contribution in [1.29, 1.82) is 5.26 Å². The number of nitrogens with one attached hydrogen (secondary N) is 1. The molecule has 110 valence electrons. The maximum absolute atomic E-state index is 12.2. The zero-order valence-corrected chi connectivity index (χ0v) is 12.1. The number of carbonyl (C=O) groups excluding carboxylic acids is 2. The molecule has 1 fully saturated rings. The standard InChI is InChI=1S/C16H19N3O2/c1-12(16(21)19-9-3-2-4-10-19)18-15(20)14-7-5-13(11-17)6-8-14/h5-8,12H,2-4,9-10H2,1H3,(H,18,20)/t12-/m0/s1. The Hall–Kier alpha value is -2.35. The van der Waals surface area contributed by atoms with Gasteiger partial charge in [-0.25, -0.2) is 0 Å². The molecule has 21 heavy (non-hydrogen) atoms. The lowest BCUT2D eigenvalue weighted by Gasteiger charge is -2.29. The molecular formula is C16H19N3O2. The summed E-state index contributed by atoms with van der Waals surface area (Å²) >= 11 is 0. The van der Waals surface area contributed by atoms with Crippen LogP contribution in [0.4, 0.5) is 0 Å². The topological polar surface area (TPSA) is 73.2 Å². The summed E-state index contributed by atoms with van der Waals surface area (Å²) < 4.78 is 0. The molecule has 1 N–H and O–H groups in total. The zero-order chi connectivity index (χ0) is 15.2. The first kappa shape index (κ1) is 15.0. The van der Waals surface area contributed by atoms with Crippen LogP contribution < -0.4 is 5.32 Å². The molecule has 0 saturated carbocycles. The third kappa shape index (κ3) is 3.82. The second kappa shape index (κ2) is 6.89. The first-order valence-electron chi connectivity index (χ1n) is 7.21. The molecule has 0 aromatic heterocycles. The van der Waals surface area contributed by atoms with Crippen molar-refractivity contribution in [3.63, 3.8) is 0 Å². The third-order valence-corrected chi connectivity index (χ3v) is 3.66. The first-order valence-corrected chi connectivity index (χ1v) is 7.21. The van der Waals surface area contributed by atoms with E-state index in [-0.39, 0.29) is 11.8 Å². The lowest BCUT2D eigenvalue weighted by atomic mass is 10.1. The highest BCUT2D eigenvalue weighted by atomic mass is 16.2. The second-order valence-electron chi connectivity index (χ2n) is 5.27. The SMILES string of the molecule is C[C@H](NC(=O)c1ccc(C#N)cc1)C(=O)N1CCCCC1. The Bertz CT molecular complexity index is 554. The molecule has 5 heteroatoms. The average Bonchev–Trinajstić information content (AvgIpc) is 2.55. The second-order valence-corrected chi connectivity index (χ2v) is 5.27. The normalized spacial score (nSPS) is 15.9. The third-order valence-electron chi connectivity index (χ3n) is 3.66. The number of amides is 2. The van der Waals surface area contributed by atoms with Crippen molar-refractivity contribution in [3.8, 4) is 6.07 Å². The number of nitriles is 1. The molecule has 1 heterocycles. The van der Waals surface area contributed by atoms with E-state index in [4.69, 9.17) is 5.26 Å².